The van der Waals surface area contributed by atoms with Crippen molar-refractivity contribution in [2.75, 3.05) is 74.4 Å². The van der Waals surface area contributed by atoms with Gasteiger partial charge in [-0.15, -0.1) is 22.7 Å². The molecule has 46 heteroatoms. The fraction of sp³-hybridized carbons (Fsp3) is 0.225. The molecule has 0 spiro atoms. The standard InChI is InChI=1S/C23H20ClN5O3.C21H19ClN6O2.C20H16ClN7OS.C19H16ClN7OS.C19H16ClN5O2/c1-23(2)9-17(31)29(10-23)22-21(25)27-19(13-5-3-4-6-16(13)30)18(28-22)12-7-14(24)20-15(8-12)26-11-32-20;1-28-7-6-14(27-28)20-17(11-8-13(22)19-16(9-11)30-10-24-19)25-18(21(23)26-20)12-4-2-3-5-15(12)29;1-27-7-5-13(26-27)18-16(11-8-12(21)17-14(9-11)30-10-23-17)25-20(19(22)24-18)28-6-3-2-4-15(28)29;1-26-6-4-12(25-26)16-15(10-7-11(20)17-13(8-10)22-9-29-17)24-19(18(21)23-16)27-5-2-3-14(27)28;1-10-3-4-14(26-10)16-15(24-19(18(21)23-16)25-5-2-6-25)11-7-12-9-22-27-17(12)13(20)8-11/h3-8,11,13H,9-10H2,1-2H3,(H2,25,27);6-10,12H,2-5H2,1H3,(H2,23,26);3,5-10H,2,4H2,1H3,(H2,22,24);4,6-9H,2-3,5H2,1H3,(H2,21,23);3-4,7-9H,2,5-6H2,1H3,(H2,21,23). The number of benzene rings is 5. The number of oxazole rings is 2. The number of aromatic nitrogens is 21. The van der Waals surface area contributed by atoms with Crippen LogP contribution in [0.1, 0.15) is 107 Å². The molecule has 18 heterocycles. The Bertz CT molecular complexity index is 8670. The van der Waals surface area contributed by atoms with Gasteiger partial charge in [-0.1, -0.05) is 108 Å². The number of hydrogen-bond donors (Lipinski definition) is 5. The molecule has 19 aromatic rings. The van der Waals surface area contributed by atoms with E-state index in [0.29, 0.717) is 218 Å². The molecule has 6 aliphatic rings. The van der Waals surface area contributed by atoms with E-state index in [9.17, 15) is 24.0 Å². The number of ketones is 2. The number of nitrogens with two attached hydrogens (primary N) is 5. The van der Waals surface area contributed by atoms with Gasteiger partial charge in [-0.3, -0.25) is 52.7 Å². The lowest BCUT2D eigenvalue weighted by molar-refractivity contribution is -0.122. The van der Waals surface area contributed by atoms with E-state index in [4.69, 9.17) is 129 Å². The maximum absolute atomic E-state index is 12.7. The summed E-state index contributed by atoms with van der Waals surface area (Å²) < 4.78 is 28.7. The molecule has 4 fully saturated rings. The van der Waals surface area contributed by atoms with E-state index in [1.807, 2.05) is 127 Å². The van der Waals surface area contributed by atoms with Gasteiger partial charge in [0.25, 0.3) is 0 Å². The number of aryl methyl sites for hydroxylation is 4. The van der Waals surface area contributed by atoms with Crippen molar-refractivity contribution in [2.24, 2.45) is 26.6 Å². The van der Waals surface area contributed by atoms with E-state index in [-0.39, 0.29) is 69.7 Å². The number of hydrogen-bond acceptors (Lipinski definition) is 35. The minimum absolute atomic E-state index is 0.00415. The highest BCUT2D eigenvalue weighted by atomic mass is 35.5. The molecule has 25 rings (SSSR count). The first-order chi connectivity index (χ1) is 71.4. The Labute approximate surface area is 873 Å². The van der Waals surface area contributed by atoms with Gasteiger partial charge in [0.15, 0.2) is 87.6 Å². The smallest absolute Gasteiger partial charge is 0.232 e. The average Bonchev–Trinajstić information content (AvgIpc) is 1.43. The van der Waals surface area contributed by atoms with E-state index >= 15 is 0 Å². The normalized spacial score (nSPS) is 16.0. The number of thiazole rings is 2. The van der Waals surface area contributed by atoms with Crippen LogP contribution in [0.5, 0.6) is 0 Å². The largest absolute Gasteiger partial charge is 0.460 e. The van der Waals surface area contributed by atoms with Crippen LogP contribution >= 0.6 is 80.7 Å². The van der Waals surface area contributed by atoms with Crippen molar-refractivity contribution < 1.29 is 41.7 Å². The van der Waals surface area contributed by atoms with Crippen molar-refractivity contribution >= 4 is 216 Å². The van der Waals surface area contributed by atoms with Crippen LogP contribution < -0.4 is 48.3 Å². The topological polar surface area (TPSA) is 528 Å². The van der Waals surface area contributed by atoms with Gasteiger partial charge in [0.1, 0.15) is 85.3 Å². The Morgan fingerprint density at radius 2 is 1.07 bits per heavy atom. The number of furan rings is 1. The quantitative estimate of drug-likeness (QED) is 0.0636. The van der Waals surface area contributed by atoms with Crippen molar-refractivity contribution in [1.82, 2.24) is 104 Å². The highest BCUT2D eigenvalue weighted by Gasteiger charge is 2.41. The van der Waals surface area contributed by atoms with Gasteiger partial charge in [0, 0.05) is 131 Å². The maximum atomic E-state index is 12.7. The number of rotatable bonds is 15. The minimum Gasteiger partial charge on any atom is -0.460 e. The lowest BCUT2D eigenvalue weighted by Crippen LogP contribution is -2.38. The molecule has 2 unspecified atom stereocenters. The Kier molecular flexibility index (Phi) is 26.7. The lowest BCUT2D eigenvalue weighted by atomic mass is 9.85. The van der Waals surface area contributed by atoms with Gasteiger partial charge in [0.05, 0.1) is 97.4 Å². The first-order valence-corrected chi connectivity index (χ1v) is 50.4. The zero-order chi connectivity index (χ0) is 103. The molecule has 2 atom stereocenters. The average molecular weight is 2120 g/mol. The second-order valence-corrected chi connectivity index (χ2v) is 40.3. The van der Waals surface area contributed by atoms with Crippen molar-refractivity contribution in [3.8, 4) is 102 Å². The Morgan fingerprint density at radius 1 is 0.480 bits per heavy atom. The molecule has 1 saturated carbocycles. The van der Waals surface area contributed by atoms with Gasteiger partial charge in [-0.2, -0.15) is 15.3 Å². The summed E-state index contributed by atoms with van der Waals surface area (Å²) in [5, 5.41) is 20.4. The summed E-state index contributed by atoms with van der Waals surface area (Å²) in [6.45, 7) is 8.80. The summed E-state index contributed by atoms with van der Waals surface area (Å²) in [5.74, 6) is 2.99. The number of Topliss-reactive ketones (excluding diaryl/α,β-unsaturated/α-hetero) is 1. The SMILES string of the molecule is CC1(C)CC(=O)N(c2nc(-c3cc(Cl)c4ocnc4c3)c(C3C=CC=CC3=O)nc2N)C1.Cc1ccc(-c2nc(N)c(N3CCC3)nc2-c2cc(Cl)c3oncc3c2)o1.Cn1ccc(-c2nc(N)c(C3CCCCC3=O)nc2-c2cc(Cl)c3ncoc3c2)n1.Cn1ccc(-c2nc(N)c(N3C=CCCC3=O)nc2-c2cc(Cl)c3ncsc3c2)n1.Cn1ccc(-c2nc(N)c(N3CCCC3=O)nc2-c2cc(Cl)c3scnc3c2)n1. The number of anilines is 9. The van der Waals surface area contributed by atoms with Gasteiger partial charge in [0.2, 0.25) is 17.7 Å². The molecular weight excluding hydrogens is 2030 g/mol. The summed E-state index contributed by atoms with van der Waals surface area (Å²) in [6.07, 6.45) is 27.0. The van der Waals surface area contributed by atoms with Crippen LogP contribution in [0.25, 0.3) is 156 Å². The van der Waals surface area contributed by atoms with E-state index in [1.165, 1.54) is 46.4 Å². The van der Waals surface area contributed by atoms with Gasteiger partial charge in [-0.25, -0.2) is 69.8 Å². The number of nitrogen functional groups attached to an aromatic ring is 5. The van der Waals surface area contributed by atoms with Crippen LogP contribution in [0.4, 0.5) is 52.4 Å². The summed E-state index contributed by atoms with van der Waals surface area (Å²) in [4.78, 5) is 133. The summed E-state index contributed by atoms with van der Waals surface area (Å²) in [6, 6.07) is 27.5. The summed E-state index contributed by atoms with van der Waals surface area (Å²) in [7, 11) is 5.48. The van der Waals surface area contributed by atoms with Crippen molar-refractivity contribution in [3.05, 3.63) is 218 Å². The molecule has 2 aliphatic carbocycles. The molecule has 10 N–H and O–H groups in total. The zero-order valence-electron chi connectivity index (χ0n) is 79.7. The third-order valence-electron chi connectivity index (χ3n) is 25.5. The molecule has 5 aromatic carbocycles. The van der Waals surface area contributed by atoms with Crippen molar-refractivity contribution in [2.45, 2.75) is 96.8 Å². The van der Waals surface area contributed by atoms with Crippen LogP contribution in [0, 0.1) is 12.3 Å². The Hall–Kier alpha value is -16.2. The number of nitrogens with zero attached hydrogens (tertiary/aromatic N) is 25. The number of allylic oxidation sites excluding steroid dienone is 5. The van der Waals surface area contributed by atoms with E-state index in [2.05, 4.69) is 70.2 Å². The highest BCUT2D eigenvalue weighted by molar-refractivity contribution is 7.17. The molecule has 3 amide bonds. The van der Waals surface area contributed by atoms with Crippen molar-refractivity contribution in [3.63, 3.8) is 0 Å². The maximum Gasteiger partial charge on any atom is 0.232 e. The van der Waals surface area contributed by atoms with E-state index in [1.54, 1.807) is 95.8 Å². The molecule has 148 heavy (non-hydrogen) atoms. The molecule has 746 valence electrons. The summed E-state index contributed by atoms with van der Waals surface area (Å²) >= 11 is 35.2. The zero-order valence-corrected chi connectivity index (χ0v) is 85.2. The van der Waals surface area contributed by atoms with Gasteiger partial charge < -0.3 is 51.3 Å². The lowest BCUT2D eigenvalue weighted by Gasteiger charge is -2.32. The predicted molar refractivity (Wildman–Crippen MR) is 570 cm³/mol. The fourth-order valence-electron chi connectivity index (χ4n) is 18.2. The van der Waals surface area contributed by atoms with Crippen molar-refractivity contribution in [1.29, 1.82) is 0 Å². The number of fused-ring (bicyclic) bond motifs is 5. The monoisotopic (exact) mass is 2110 g/mol. The van der Waals surface area contributed by atoms with Crippen LogP contribution in [-0.2, 0) is 45.1 Å². The van der Waals surface area contributed by atoms with E-state index in [0.717, 1.165) is 93.5 Å². The number of halogens is 5. The second kappa shape index (κ2) is 40.3. The molecule has 0 bridgehead atoms. The van der Waals surface area contributed by atoms with E-state index < -0.39 is 5.92 Å². The molecule has 14 aromatic heterocycles. The Balaban J connectivity index is 0.000000108. The molecular formula is C102H87Cl5N30O9S2. The highest BCUT2D eigenvalue weighted by Crippen LogP contribution is 2.47. The number of carbonyl (C=O) groups is 5. The molecule has 0 radical (unpaired) electrons. The van der Waals surface area contributed by atoms with Gasteiger partial charge >= 0.3 is 0 Å². The molecule has 3 saturated heterocycles. The molecule has 4 aliphatic heterocycles. The summed E-state index contributed by atoms with van der Waals surface area (Å²) in [5.41, 5.74) is 50.0. The number of amides is 3. The second-order valence-electron chi connectivity index (χ2n) is 36.5. The Morgan fingerprint density at radius 3 is 1.73 bits per heavy atom. The first kappa shape index (κ1) is 97.9. The first-order valence-electron chi connectivity index (χ1n) is 46.7. The van der Waals surface area contributed by atoms with Crippen LogP contribution in [-0.4, -0.2) is 160 Å². The third kappa shape index (κ3) is 19.4. The predicted octanol–water partition coefficient (Wildman–Crippen LogP) is 20.1. The number of carbonyl (C=O) groups excluding carboxylic acids is 5. The third-order valence-corrected chi connectivity index (χ3v) is 28.7. The van der Waals surface area contributed by atoms with Crippen LogP contribution in [0.2, 0.25) is 25.1 Å². The van der Waals surface area contributed by atoms with Crippen LogP contribution in [0.15, 0.2) is 194 Å². The van der Waals surface area contributed by atoms with Crippen LogP contribution in [0.3, 0.4) is 0 Å². The minimum atomic E-state index is -0.656. The molecule has 39 nitrogen and oxygen atoms in total. The fourth-order valence-corrected chi connectivity index (χ4v) is 21.1. The van der Waals surface area contributed by atoms with Gasteiger partial charge in [-0.05, 0) is 142 Å².